The Morgan fingerprint density at radius 1 is 1.14 bits per heavy atom. The molecule has 36 heavy (non-hydrogen) atoms. The Kier molecular flexibility index (Phi) is 5.62. The Bertz CT molecular complexity index is 1520. The first-order chi connectivity index (χ1) is 17.0. The lowest BCUT2D eigenvalue weighted by Crippen LogP contribution is -2.20. The van der Waals surface area contributed by atoms with Crippen molar-refractivity contribution in [3.63, 3.8) is 0 Å². The van der Waals surface area contributed by atoms with Crippen molar-refractivity contribution in [2.75, 3.05) is 0 Å². The molecule has 1 N–H and O–H groups in total. The summed E-state index contributed by atoms with van der Waals surface area (Å²) in [6, 6.07) is 10.1. The molecule has 4 heterocycles. The highest BCUT2D eigenvalue weighted by Crippen LogP contribution is 2.41. The zero-order chi connectivity index (χ0) is 25.8. The number of aliphatic hydroxyl groups is 1. The predicted molar refractivity (Wildman–Crippen MR) is 127 cm³/mol. The fourth-order valence-corrected chi connectivity index (χ4v) is 4.73. The molecular formula is C25H25F3N6O2. The summed E-state index contributed by atoms with van der Waals surface area (Å²) in [5, 5.41) is 23.1. The van der Waals surface area contributed by atoms with Gasteiger partial charge in [-0.05, 0) is 38.8 Å². The summed E-state index contributed by atoms with van der Waals surface area (Å²) in [4.78, 5) is 4.62. The monoisotopic (exact) mass is 498 g/mol. The largest absolute Gasteiger partial charge is 0.389 e. The number of benzene rings is 1. The van der Waals surface area contributed by atoms with Crippen molar-refractivity contribution in [1.29, 1.82) is 0 Å². The van der Waals surface area contributed by atoms with Gasteiger partial charge >= 0.3 is 6.18 Å². The predicted octanol–water partition coefficient (Wildman–Crippen LogP) is 5.44. The quantitative estimate of drug-likeness (QED) is 0.335. The molecule has 0 aliphatic rings. The molecule has 0 aliphatic heterocycles. The number of aromatic nitrogens is 6. The van der Waals surface area contributed by atoms with Crippen LogP contribution in [-0.4, -0.2) is 41.0 Å². The zero-order valence-electron chi connectivity index (χ0n) is 20.2. The van der Waals surface area contributed by atoms with Crippen LogP contribution in [0.5, 0.6) is 0 Å². The van der Waals surface area contributed by atoms with E-state index in [-0.39, 0.29) is 12.1 Å². The number of hydrogen-bond donors (Lipinski definition) is 1. The highest BCUT2D eigenvalue weighted by molar-refractivity contribution is 6.04. The van der Waals surface area contributed by atoms with Crippen molar-refractivity contribution < 1.29 is 22.8 Å². The first-order valence-corrected chi connectivity index (χ1v) is 11.5. The Balaban J connectivity index is 1.85. The van der Waals surface area contributed by atoms with E-state index in [0.717, 1.165) is 5.69 Å². The highest BCUT2D eigenvalue weighted by Gasteiger charge is 2.35. The molecule has 0 saturated heterocycles. The van der Waals surface area contributed by atoms with Crippen molar-refractivity contribution in [3.8, 4) is 11.3 Å². The number of alkyl halides is 3. The van der Waals surface area contributed by atoms with Gasteiger partial charge < -0.3 is 14.2 Å². The molecule has 1 unspecified atom stereocenters. The second-order valence-electron chi connectivity index (χ2n) is 9.46. The van der Waals surface area contributed by atoms with Gasteiger partial charge in [-0.25, -0.2) is 9.67 Å². The maximum absolute atomic E-state index is 13.4. The standard InChI is InChI=1S/C25H25F3N6O2/c1-14-20(33(4)32-30-14)16-12-18-19(29-13-16)22-21(23(31-36-22)24(2,3)35)34(18)17(10-11-25(26,27)28)15-8-6-5-7-9-15/h5-9,12-13,17,35H,10-11H2,1-4H3. The lowest BCUT2D eigenvalue weighted by molar-refractivity contribution is -0.136. The molecular weight excluding hydrogens is 473 g/mol. The fraction of sp³-hybridized carbons (Fsp3) is 0.360. The minimum atomic E-state index is -4.34. The summed E-state index contributed by atoms with van der Waals surface area (Å²) < 4.78 is 49.3. The van der Waals surface area contributed by atoms with Crippen LogP contribution in [0.1, 0.15) is 49.7 Å². The Hall–Kier alpha value is -3.73. The summed E-state index contributed by atoms with van der Waals surface area (Å²) in [6.07, 6.45) is -3.91. The number of fused-ring (bicyclic) bond motifs is 3. The maximum Gasteiger partial charge on any atom is 0.389 e. The van der Waals surface area contributed by atoms with Crippen LogP contribution in [0.2, 0.25) is 0 Å². The second kappa shape index (κ2) is 8.44. The molecule has 188 valence electrons. The van der Waals surface area contributed by atoms with E-state index in [4.69, 9.17) is 4.52 Å². The molecule has 5 aromatic rings. The SMILES string of the molecule is Cc1nnn(C)c1-c1cnc2c3onc(C(C)(C)O)c3n(C(CCC(F)(F)F)c3ccccc3)c2c1. The van der Waals surface area contributed by atoms with Gasteiger partial charge in [0.05, 0.1) is 22.9 Å². The van der Waals surface area contributed by atoms with E-state index in [9.17, 15) is 18.3 Å². The number of rotatable bonds is 6. The minimum Gasteiger partial charge on any atom is -0.384 e. The summed E-state index contributed by atoms with van der Waals surface area (Å²) in [5.74, 6) is 0. The summed E-state index contributed by atoms with van der Waals surface area (Å²) in [5.41, 5.74) is 3.36. The van der Waals surface area contributed by atoms with Gasteiger partial charge in [-0.1, -0.05) is 40.7 Å². The van der Waals surface area contributed by atoms with Crippen LogP contribution in [-0.2, 0) is 12.6 Å². The van der Waals surface area contributed by atoms with Gasteiger partial charge in [-0.2, -0.15) is 13.2 Å². The van der Waals surface area contributed by atoms with Gasteiger partial charge in [0.1, 0.15) is 22.3 Å². The van der Waals surface area contributed by atoms with Crippen molar-refractivity contribution in [2.45, 2.75) is 51.4 Å². The Labute approximate surface area is 204 Å². The molecule has 1 atom stereocenters. The van der Waals surface area contributed by atoms with Crippen molar-refractivity contribution in [3.05, 3.63) is 59.5 Å². The van der Waals surface area contributed by atoms with E-state index in [1.807, 2.05) is 19.1 Å². The lowest BCUT2D eigenvalue weighted by atomic mass is 10.00. The van der Waals surface area contributed by atoms with Crippen molar-refractivity contribution >= 4 is 22.1 Å². The van der Waals surface area contributed by atoms with Gasteiger partial charge in [0.15, 0.2) is 0 Å². The normalized spacial score (nSPS) is 13.7. The minimum absolute atomic E-state index is 0.223. The number of pyridine rings is 1. The van der Waals surface area contributed by atoms with Crippen LogP contribution in [0.25, 0.3) is 33.4 Å². The first-order valence-electron chi connectivity index (χ1n) is 11.5. The molecule has 0 aliphatic carbocycles. The third kappa shape index (κ3) is 4.13. The van der Waals surface area contributed by atoms with Gasteiger partial charge in [-0.3, -0.25) is 0 Å². The highest BCUT2D eigenvalue weighted by atomic mass is 19.4. The van der Waals surface area contributed by atoms with Gasteiger partial charge in [0.2, 0.25) is 5.58 Å². The molecule has 0 fully saturated rings. The molecule has 0 amide bonds. The van der Waals surface area contributed by atoms with E-state index in [0.29, 0.717) is 39.0 Å². The van der Waals surface area contributed by atoms with Gasteiger partial charge in [0, 0.05) is 25.2 Å². The number of aryl methyl sites for hydroxylation is 2. The molecule has 8 nitrogen and oxygen atoms in total. The molecule has 5 rings (SSSR count). The number of hydrogen-bond acceptors (Lipinski definition) is 6. The van der Waals surface area contributed by atoms with E-state index in [1.165, 1.54) is 0 Å². The molecule has 1 aromatic carbocycles. The first kappa shape index (κ1) is 24.0. The van der Waals surface area contributed by atoms with E-state index in [1.54, 1.807) is 60.6 Å². The van der Waals surface area contributed by atoms with E-state index < -0.39 is 24.2 Å². The molecule has 0 bridgehead atoms. The average molecular weight is 499 g/mol. The summed E-state index contributed by atoms with van der Waals surface area (Å²) in [7, 11) is 1.76. The van der Waals surface area contributed by atoms with Crippen LogP contribution >= 0.6 is 0 Å². The van der Waals surface area contributed by atoms with E-state index >= 15 is 0 Å². The van der Waals surface area contributed by atoms with E-state index in [2.05, 4.69) is 20.5 Å². The Morgan fingerprint density at radius 3 is 2.47 bits per heavy atom. The third-order valence-corrected chi connectivity index (χ3v) is 6.30. The van der Waals surface area contributed by atoms with Crippen LogP contribution in [0.3, 0.4) is 0 Å². The topological polar surface area (TPSA) is 94.8 Å². The van der Waals surface area contributed by atoms with Crippen LogP contribution in [0.15, 0.2) is 47.1 Å². The van der Waals surface area contributed by atoms with Crippen LogP contribution < -0.4 is 0 Å². The average Bonchev–Trinajstić information content (AvgIpc) is 3.47. The van der Waals surface area contributed by atoms with Crippen LogP contribution in [0, 0.1) is 6.92 Å². The molecule has 0 spiro atoms. The summed E-state index contributed by atoms with van der Waals surface area (Å²) in [6.45, 7) is 4.94. The second-order valence-corrected chi connectivity index (χ2v) is 9.46. The van der Waals surface area contributed by atoms with Gasteiger partial charge in [-0.15, -0.1) is 5.10 Å². The van der Waals surface area contributed by atoms with Crippen molar-refractivity contribution in [1.82, 2.24) is 29.7 Å². The smallest absolute Gasteiger partial charge is 0.384 e. The zero-order valence-corrected chi connectivity index (χ0v) is 20.2. The summed E-state index contributed by atoms with van der Waals surface area (Å²) >= 11 is 0. The number of halogens is 3. The third-order valence-electron chi connectivity index (χ3n) is 6.30. The molecule has 4 aromatic heterocycles. The van der Waals surface area contributed by atoms with Crippen LogP contribution in [0.4, 0.5) is 13.2 Å². The Morgan fingerprint density at radius 2 is 1.86 bits per heavy atom. The maximum atomic E-state index is 13.4. The molecule has 0 radical (unpaired) electrons. The molecule has 11 heteroatoms. The van der Waals surface area contributed by atoms with Crippen molar-refractivity contribution in [2.24, 2.45) is 7.05 Å². The fourth-order valence-electron chi connectivity index (χ4n) is 4.73. The van der Waals surface area contributed by atoms with Gasteiger partial charge in [0.25, 0.3) is 0 Å². The molecule has 0 saturated carbocycles. The lowest BCUT2D eigenvalue weighted by Gasteiger charge is -2.24. The number of nitrogens with zero attached hydrogens (tertiary/aromatic N) is 6.